The Morgan fingerprint density at radius 3 is 2.28 bits per heavy atom. The lowest BCUT2D eigenvalue weighted by atomic mass is 9.95. The van der Waals surface area contributed by atoms with Gasteiger partial charge in [0, 0.05) is 5.56 Å². The van der Waals surface area contributed by atoms with Gasteiger partial charge < -0.3 is 10.2 Å². The van der Waals surface area contributed by atoms with Crippen LogP contribution in [0.15, 0.2) is 54.6 Å². The van der Waals surface area contributed by atoms with Crippen LogP contribution in [0.2, 0.25) is 0 Å². The van der Waals surface area contributed by atoms with E-state index in [0.29, 0.717) is 5.56 Å². The lowest BCUT2D eigenvalue weighted by molar-refractivity contribution is 0.0588. The smallest absolute Gasteiger partial charge is 0.194 e. The highest BCUT2D eigenvalue weighted by molar-refractivity contribution is 6.04. The largest absolute Gasteiger partial charge is 0.393 e. The number of benzene rings is 2. The molecule has 2 rings (SSSR count). The van der Waals surface area contributed by atoms with E-state index >= 15 is 0 Å². The van der Waals surface area contributed by atoms with Gasteiger partial charge in [0.2, 0.25) is 0 Å². The minimum atomic E-state index is -1.37. The SMILES string of the molecule is O=C(c1ccccc1-c1ccccc1)C(O)CO. The lowest BCUT2D eigenvalue weighted by Crippen LogP contribution is -2.24. The standard InChI is InChI=1S/C15H14O3/c16-10-14(17)15(18)13-9-5-4-8-12(13)11-6-2-1-3-7-11/h1-9,14,16-17H,10H2. The summed E-state index contributed by atoms with van der Waals surface area (Å²) in [7, 11) is 0. The third-order valence-corrected chi connectivity index (χ3v) is 2.75. The average Bonchev–Trinajstić information content (AvgIpc) is 2.46. The molecule has 92 valence electrons. The molecule has 0 saturated heterocycles. The Kier molecular flexibility index (Phi) is 3.87. The molecule has 0 heterocycles. The highest BCUT2D eigenvalue weighted by Gasteiger charge is 2.19. The lowest BCUT2D eigenvalue weighted by Gasteiger charge is -2.11. The van der Waals surface area contributed by atoms with Crippen LogP contribution in [-0.2, 0) is 0 Å². The second-order valence-electron chi connectivity index (χ2n) is 3.97. The molecule has 0 spiro atoms. The summed E-state index contributed by atoms with van der Waals surface area (Å²) >= 11 is 0. The monoisotopic (exact) mass is 242 g/mol. The average molecular weight is 242 g/mol. The maximum atomic E-state index is 12.0. The van der Waals surface area contributed by atoms with Gasteiger partial charge in [-0.2, -0.15) is 0 Å². The van der Waals surface area contributed by atoms with Crippen molar-refractivity contribution in [2.24, 2.45) is 0 Å². The number of hydrogen-bond acceptors (Lipinski definition) is 3. The van der Waals surface area contributed by atoms with E-state index in [0.717, 1.165) is 11.1 Å². The third kappa shape index (κ3) is 2.47. The first kappa shape index (κ1) is 12.5. The molecule has 0 saturated carbocycles. The molecule has 0 aliphatic carbocycles. The summed E-state index contributed by atoms with van der Waals surface area (Å²) in [5, 5.41) is 18.3. The Morgan fingerprint density at radius 1 is 1.00 bits per heavy atom. The number of hydrogen-bond donors (Lipinski definition) is 2. The van der Waals surface area contributed by atoms with Crippen molar-refractivity contribution in [2.45, 2.75) is 6.10 Å². The predicted octanol–water partition coefficient (Wildman–Crippen LogP) is 1.89. The number of rotatable bonds is 4. The molecule has 0 fully saturated rings. The van der Waals surface area contributed by atoms with E-state index in [9.17, 15) is 9.90 Å². The number of carbonyl (C=O) groups excluding carboxylic acids is 1. The second kappa shape index (κ2) is 5.58. The first-order valence-corrected chi connectivity index (χ1v) is 5.71. The van der Waals surface area contributed by atoms with Crippen LogP contribution in [0.1, 0.15) is 10.4 Å². The van der Waals surface area contributed by atoms with Gasteiger partial charge in [0.25, 0.3) is 0 Å². The van der Waals surface area contributed by atoms with Crippen LogP contribution in [0.5, 0.6) is 0 Å². The summed E-state index contributed by atoms with van der Waals surface area (Å²) in [5.41, 5.74) is 2.09. The van der Waals surface area contributed by atoms with Gasteiger partial charge in [0.15, 0.2) is 5.78 Å². The van der Waals surface area contributed by atoms with Crippen LogP contribution >= 0.6 is 0 Å². The molecule has 0 bridgehead atoms. The van der Waals surface area contributed by atoms with E-state index in [2.05, 4.69) is 0 Å². The van der Waals surface area contributed by atoms with Crippen molar-refractivity contribution in [3.8, 4) is 11.1 Å². The quantitative estimate of drug-likeness (QED) is 0.805. The van der Waals surface area contributed by atoms with Crippen molar-refractivity contribution in [3.63, 3.8) is 0 Å². The van der Waals surface area contributed by atoms with Crippen LogP contribution < -0.4 is 0 Å². The van der Waals surface area contributed by atoms with Crippen LogP contribution in [0.4, 0.5) is 0 Å². The summed E-state index contributed by atoms with van der Waals surface area (Å²) in [5.74, 6) is -0.461. The summed E-state index contributed by atoms with van der Waals surface area (Å²) in [4.78, 5) is 12.0. The van der Waals surface area contributed by atoms with Crippen LogP contribution in [0, 0.1) is 0 Å². The molecule has 2 N–H and O–H groups in total. The number of aliphatic hydroxyl groups is 2. The maximum absolute atomic E-state index is 12.0. The number of aliphatic hydroxyl groups excluding tert-OH is 2. The summed E-state index contributed by atoms with van der Waals surface area (Å²) < 4.78 is 0. The molecule has 0 aromatic heterocycles. The molecule has 2 aromatic carbocycles. The van der Waals surface area contributed by atoms with E-state index < -0.39 is 18.5 Å². The van der Waals surface area contributed by atoms with Crippen molar-refractivity contribution in [2.75, 3.05) is 6.61 Å². The molecular formula is C15H14O3. The van der Waals surface area contributed by atoms with Gasteiger partial charge in [-0.25, -0.2) is 0 Å². The van der Waals surface area contributed by atoms with Crippen LogP contribution in [0.25, 0.3) is 11.1 Å². The van der Waals surface area contributed by atoms with Crippen molar-refractivity contribution in [1.82, 2.24) is 0 Å². The van der Waals surface area contributed by atoms with Crippen LogP contribution in [0.3, 0.4) is 0 Å². The van der Waals surface area contributed by atoms with Gasteiger partial charge in [-0.3, -0.25) is 4.79 Å². The highest BCUT2D eigenvalue weighted by Crippen LogP contribution is 2.24. The van der Waals surface area contributed by atoms with Crippen LogP contribution in [-0.4, -0.2) is 28.7 Å². The first-order valence-electron chi connectivity index (χ1n) is 5.71. The fourth-order valence-electron chi connectivity index (χ4n) is 1.83. The zero-order valence-electron chi connectivity index (χ0n) is 9.78. The molecule has 0 radical (unpaired) electrons. The zero-order valence-corrected chi connectivity index (χ0v) is 9.78. The summed E-state index contributed by atoms with van der Waals surface area (Å²) in [6, 6.07) is 16.5. The summed E-state index contributed by atoms with van der Waals surface area (Å²) in [6.45, 7) is -0.568. The number of carbonyl (C=O) groups is 1. The Labute approximate surface area is 105 Å². The Balaban J connectivity index is 2.47. The van der Waals surface area contributed by atoms with Gasteiger partial charge >= 0.3 is 0 Å². The molecule has 0 aliphatic rings. The van der Waals surface area contributed by atoms with Crippen molar-refractivity contribution in [1.29, 1.82) is 0 Å². The molecular weight excluding hydrogens is 228 g/mol. The van der Waals surface area contributed by atoms with E-state index in [1.807, 2.05) is 42.5 Å². The Hall–Kier alpha value is -1.97. The number of ketones is 1. The summed E-state index contributed by atoms with van der Waals surface area (Å²) in [6.07, 6.45) is -1.37. The van der Waals surface area contributed by atoms with Gasteiger partial charge in [0.05, 0.1) is 6.61 Å². The van der Waals surface area contributed by atoms with Crippen molar-refractivity contribution >= 4 is 5.78 Å². The van der Waals surface area contributed by atoms with Gasteiger partial charge in [-0.1, -0.05) is 54.6 Å². The Morgan fingerprint density at radius 2 is 1.61 bits per heavy atom. The molecule has 0 aliphatic heterocycles. The fourth-order valence-corrected chi connectivity index (χ4v) is 1.83. The normalized spacial score (nSPS) is 12.1. The van der Waals surface area contributed by atoms with Gasteiger partial charge in [-0.05, 0) is 11.1 Å². The van der Waals surface area contributed by atoms with E-state index in [4.69, 9.17) is 5.11 Å². The highest BCUT2D eigenvalue weighted by atomic mass is 16.3. The minimum Gasteiger partial charge on any atom is -0.393 e. The Bertz CT molecular complexity index is 534. The molecule has 3 nitrogen and oxygen atoms in total. The molecule has 18 heavy (non-hydrogen) atoms. The van der Waals surface area contributed by atoms with Gasteiger partial charge in [-0.15, -0.1) is 0 Å². The second-order valence-corrected chi connectivity index (χ2v) is 3.97. The number of Topliss-reactive ketones (excluding diaryl/α,β-unsaturated/α-hetero) is 1. The maximum Gasteiger partial charge on any atom is 0.194 e. The zero-order chi connectivity index (χ0) is 13.0. The molecule has 3 heteroatoms. The molecule has 1 unspecified atom stereocenters. The first-order chi connectivity index (χ1) is 8.74. The van der Waals surface area contributed by atoms with E-state index in [1.165, 1.54) is 0 Å². The predicted molar refractivity (Wildman–Crippen MR) is 69.3 cm³/mol. The fraction of sp³-hybridized carbons (Fsp3) is 0.133. The van der Waals surface area contributed by atoms with Gasteiger partial charge in [0.1, 0.15) is 6.10 Å². The van der Waals surface area contributed by atoms with E-state index in [-0.39, 0.29) is 0 Å². The van der Waals surface area contributed by atoms with Crippen molar-refractivity contribution < 1.29 is 15.0 Å². The van der Waals surface area contributed by atoms with Crippen molar-refractivity contribution in [3.05, 3.63) is 60.2 Å². The van der Waals surface area contributed by atoms with E-state index in [1.54, 1.807) is 12.1 Å². The molecule has 1 atom stereocenters. The minimum absolute atomic E-state index is 0.422. The molecule has 0 amide bonds. The molecule has 2 aromatic rings. The topological polar surface area (TPSA) is 57.5 Å². The third-order valence-electron chi connectivity index (χ3n) is 2.75.